The Labute approximate surface area is 399 Å². The molecular weight excluding hydrogens is 825 g/mol. The molecule has 0 atom stereocenters. The molecule has 0 saturated carbocycles. The summed E-state index contributed by atoms with van der Waals surface area (Å²) in [7, 11) is 0. The molecular formula is C64H48N4. The van der Waals surface area contributed by atoms with Crippen LogP contribution in [0.2, 0.25) is 0 Å². The first-order valence-corrected chi connectivity index (χ1v) is 23.1. The van der Waals surface area contributed by atoms with Gasteiger partial charge >= 0.3 is 0 Å². The van der Waals surface area contributed by atoms with E-state index in [4.69, 9.17) is 0 Å². The number of rotatable bonds is 10. The Hall–Kier alpha value is -8.91. The Kier molecular flexibility index (Phi) is 10.9. The molecule has 0 amide bonds. The Morgan fingerprint density at radius 3 is 1.12 bits per heavy atom. The second-order valence-electron chi connectivity index (χ2n) is 17.7. The van der Waals surface area contributed by atoms with Crippen LogP contribution in [0.5, 0.6) is 0 Å². The highest BCUT2D eigenvalue weighted by molar-refractivity contribution is 5.91. The minimum Gasteiger partial charge on any atom is -0.310 e. The summed E-state index contributed by atoms with van der Waals surface area (Å²) in [5.41, 5.74) is 19.4. The molecule has 1 heterocycles. The molecule has 10 aromatic carbocycles. The van der Waals surface area contributed by atoms with Crippen molar-refractivity contribution >= 4 is 51.2 Å². The van der Waals surface area contributed by atoms with E-state index in [-0.39, 0.29) is 5.41 Å². The highest BCUT2D eigenvalue weighted by Crippen LogP contribution is 2.55. The van der Waals surface area contributed by atoms with Gasteiger partial charge in [-0.05, 0) is 148 Å². The fourth-order valence-electron chi connectivity index (χ4n) is 9.81. The number of nitrogens with zero attached hydrogens (tertiary/aromatic N) is 4. The molecule has 0 fully saturated rings. The van der Waals surface area contributed by atoms with Gasteiger partial charge in [-0.15, -0.1) is 0 Å². The highest BCUT2D eigenvalue weighted by atomic mass is 15.2. The van der Waals surface area contributed by atoms with Gasteiger partial charge in [-0.1, -0.05) is 166 Å². The SMILES string of the molecule is CC1(C)c2cc(N(c3ccccc3)c3ccccc3)ccc2N(c2ccccc2)c2ccc(N(c3ccccc3)c3ccc(-c4ccc(-c5ccc(-c6ccccc6C#N)cc5)cc4)cc3)cc21. The molecule has 0 saturated heterocycles. The summed E-state index contributed by atoms with van der Waals surface area (Å²) in [6.45, 7) is 4.74. The minimum absolute atomic E-state index is 0.371. The van der Waals surface area contributed by atoms with Crippen LogP contribution in [-0.2, 0) is 5.41 Å². The Balaban J connectivity index is 0.952. The second kappa shape index (κ2) is 17.8. The molecule has 0 N–H and O–H groups in total. The number of fused-ring (bicyclic) bond motifs is 2. The van der Waals surface area contributed by atoms with E-state index in [9.17, 15) is 5.26 Å². The van der Waals surface area contributed by atoms with Gasteiger partial charge in [-0.3, -0.25) is 0 Å². The summed E-state index contributed by atoms with van der Waals surface area (Å²) in [4.78, 5) is 7.15. The summed E-state index contributed by atoms with van der Waals surface area (Å²) < 4.78 is 0. The van der Waals surface area contributed by atoms with Crippen molar-refractivity contribution in [1.82, 2.24) is 0 Å². The van der Waals surface area contributed by atoms with E-state index >= 15 is 0 Å². The monoisotopic (exact) mass is 872 g/mol. The van der Waals surface area contributed by atoms with Crippen molar-refractivity contribution in [1.29, 1.82) is 5.26 Å². The van der Waals surface area contributed by atoms with Gasteiger partial charge in [0.15, 0.2) is 0 Å². The molecule has 1 aliphatic heterocycles. The maximum Gasteiger partial charge on any atom is 0.0998 e. The molecule has 10 aromatic rings. The largest absolute Gasteiger partial charge is 0.310 e. The summed E-state index contributed by atoms with van der Waals surface area (Å²) in [5.74, 6) is 0. The molecule has 68 heavy (non-hydrogen) atoms. The van der Waals surface area contributed by atoms with E-state index in [2.05, 4.69) is 265 Å². The van der Waals surface area contributed by atoms with Crippen molar-refractivity contribution in [3.8, 4) is 39.4 Å². The molecule has 4 heteroatoms. The third-order valence-electron chi connectivity index (χ3n) is 13.3. The van der Waals surface area contributed by atoms with Crippen LogP contribution in [-0.4, -0.2) is 0 Å². The van der Waals surface area contributed by atoms with Crippen molar-refractivity contribution in [2.45, 2.75) is 19.3 Å². The number of benzene rings is 10. The molecule has 0 bridgehead atoms. The lowest BCUT2D eigenvalue weighted by Gasteiger charge is -2.43. The molecule has 0 radical (unpaired) electrons. The van der Waals surface area contributed by atoms with E-state index in [0.717, 1.165) is 73.2 Å². The number of nitriles is 1. The molecule has 0 spiro atoms. The average molecular weight is 873 g/mol. The van der Waals surface area contributed by atoms with Crippen LogP contribution in [0.4, 0.5) is 51.2 Å². The second-order valence-corrected chi connectivity index (χ2v) is 17.7. The van der Waals surface area contributed by atoms with Gasteiger partial charge in [-0.2, -0.15) is 5.26 Å². The third kappa shape index (κ3) is 7.76. The van der Waals surface area contributed by atoms with Crippen LogP contribution in [0.25, 0.3) is 33.4 Å². The first-order chi connectivity index (χ1) is 33.4. The van der Waals surface area contributed by atoms with Gasteiger partial charge < -0.3 is 14.7 Å². The van der Waals surface area contributed by atoms with Crippen molar-refractivity contribution in [3.63, 3.8) is 0 Å². The van der Waals surface area contributed by atoms with Gasteiger partial charge in [0.05, 0.1) is 23.0 Å². The van der Waals surface area contributed by atoms with Gasteiger partial charge in [0.25, 0.3) is 0 Å². The quantitative estimate of drug-likeness (QED) is 0.137. The normalized spacial score (nSPS) is 12.3. The fraction of sp³-hybridized carbons (Fsp3) is 0.0469. The number of anilines is 9. The molecule has 1 aliphatic rings. The summed E-state index contributed by atoms with van der Waals surface area (Å²) in [5, 5.41) is 9.62. The molecule has 324 valence electrons. The van der Waals surface area contributed by atoms with Crippen molar-refractivity contribution in [2.75, 3.05) is 14.7 Å². The standard InChI is InChI=1S/C64H48N4/c1-64(2)60-43-57(66(52-18-7-3-8-19-52)53-20-9-4-10-21-53)39-41-62(60)68(55-24-13-6-14-25-55)63-42-40-58(44-61(63)64)67(54-22-11-5-12-23-54)56-37-35-49(36-38-56)47-29-27-46(28-30-47)48-31-33-50(34-32-48)59-26-16-15-17-51(59)45-65/h3-44H,1-2H3. The van der Waals surface area contributed by atoms with Crippen LogP contribution < -0.4 is 14.7 Å². The first kappa shape index (κ1) is 41.8. The van der Waals surface area contributed by atoms with Crippen LogP contribution in [0.1, 0.15) is 30.5 Å². The zero-order chi connectivity index (χ0) is 46.0. The van der Waals surface area contributed by atoms with E-state index in [1.165, 1.54) is 22.5 Å². The van der Waals surface area contributed by atoms with Gasteiger partial charge in [0.2, 0.25) is 0 Å². The Morgan fingerprint density at radius 1 is 0.353 bits per heavy atom. The first-order valence-electron chi connectivity index (χ1n) is 23.1. The molecule has 0 aliphatic carbocycles. The Bertz CT molecular complexity index is 3360. The van der Waals surface area contributed by atoms with Crippen LogP contribution >= 0.6 is 0 Å². The zero-order valence-corrected chi connectivity index (χ0v) is 38.0. The number of para-hydroxylation sites is 4. The molecule has 11 rings (SSSR count). The fourth-order valence-corrected chi connectivity index (χ4v) is 9.81. The predicted octanol–water partition coefficient (Wildman–Crippen LogP) is 17.6. The lowest BCUT2D eigenvalue weighted by molar-refractivity contribution is 0.632. The van der Waals surface area contributed by atoms with Crippen LogP contribution in [0.15, 0.2) is 255 Å². The van der Waals surface area contributed by atoms with Gasteiger partial charge in [0.1, 0.15) is 0 Å². The molecule has 4 nitrogen and oxygen atoms in total. The number of hydrogen-bond acceptors (Lipinski definition) is 4. The van der Waals surface area contributed by atoms with Crippen molar-refractivity contribution in [3.05, 3.63) is 271 Å². The zero-order valence-electron chi connectivity index (χ0n) is 38.0. The van der Waals surface area contributed by atoms with E-state index in [1.54, 1.807) is 0 Å². The molecule has 0 unspecified atom stereocenters. The van der Waals surface area contributed by atoms with E-state index in [1.807, 2.05) is 24.3 Å². The van der Waals surface area contributed by atoms with Crippen molar-refractivity contribution in [2.24, 2.45) is 0 Å². The lowest BCUT2D eigenvalue weighted by atomic mass is 9.73. The molecule has 0 aromatic heterocycles. The smallest absolute Gasteiger partial charge is 0.0998 e. The maximum atomic E-state index is 9.62. The number of hydrogen-bond donors (Lipinski definition) is 0. The predicted molar refractivity (Wildman–Crippen MR) is 284 cm³/mol. The van der Waals surface area contributed by atoms with Crippen LogP contribution in [0, 0.1) is 11.3 Å². The van der Waals surface area contributed by atoms with Crippen molar-refractivity contribution < 1.29 is 0 Å². The maximum absolute atomic E-state index is 9.62. The average Bonchev–Trinajstić information content (AvgIpc) is 3.41. The summed E-state index contributed by atoms with van der Waals surface area (Å²) in [6.07, 6.45) is 0. The Morgan fingerprint density at radius 2 is 0.691 bits per heavy atom. The van der Waals surface area contributed by atoms with Gasteiger partial charge in [0, 0.05) is 45.2 Å². The van der Waals surface area contributed by atoms with E-state index < -0.39 is 0 Å². The third-order valence-corrected chi connectivity index (χ3v) is 13.3. The highest BCUT2D eigenvalue weighted by Gasteiger charge is 2.38. The van der Waals surface area contributed by atoms with Crippen LogP contribution in [0.3, 0.4) is 0 Å². The minimum atomic E-state index is -0.371. The lowest BCUT2D eigenvalue weighted by Crippen LogP contribution is -2.31. The van der Waals surface area contributed by atoms with Gasteiger partial charge in [-0.25, -0.2) is 0 Å². The topological polar surface area (TPSA) is 33.5 Å². The van der Waals surface area contributed by atoms with E-state index in [0.29, 0.717) is 5.56 Å². The summed E-state index contributed by atoms with van der Waals surface area (Å²) in [6, 6.07) is 92.8. The summed E-state index contributed by atoms with van der Waals surface area (Å²) >= 11 is 0.